The zero-order chi connectivity index (χ0) is 17.6. The van der Waals surface area contributed by atoms with Crippen LogP contribution in [0.1, 0.15) is 42.1 Å². The third-order valence-corrected chi connectivity index (χ3v) is 5.63. The first-order valence-corrected chi connectivity index (χ1v) is 9.05. The van der Waals surface area contributed by atoms with Gasteiger partial charge in [0.15, 0.2) is 0 Å². The monoisotopic (exact) mass is 335 g/mol. The lowest BCUT2D eigenvalue weighted by molar-refractivity contribution is -0.131. The van der Waals surface area contributed by atoms with Crippen LogP contribution < -0.4 is 5.32 Å². The summed E-state index contributed by atoms with van der Waals surface area (Å²) in [7, 11) is 1.89. The predicted octanol–water partition coefficient (Wildman–Crippen LogP) is 3.39. The van der Waals surface area contributed by atoms with Gasteiger partial charge in [0.25, 0.3) is 0 Å². The zero-order valence-corrected chi connectivity index (χ0v) is 15.2. The number of likely N-dealkylation sites (tertiary alicyclic amines) is 1. The SMILES string of the molecule is Cc1cc(C)cc(-c2ccnc([C@H]3CC[C@@]4(CCN(C)C4=O)N3)c2)c1. The molecule has 2 atom stereocenters. The van der Waals surface area contributed by atoms with Gasteiger partial charge in [0.05, 0.1) is 11.7 Å². The van der Waals surface area contributed by atoms with E-state index in [1.165, 1.54) is 22.3 Å². The Hall–Kier alpha value is -2.20. The molecule has 0 aliphatic carbocycles. The van der Waals surface area contributed by atoms with Crippen LogP contribution in [0.25, 0.3) is 11.1 Å². The van der Waals surface area contributed by atoms with Gasteiger partial charge in [-0.15, -0.1) is 0 Å². The molecule has 0 unspecified atom stereocenters. The number of carbonyl (C=O) groups excluding carboxylic acids is 1. The topological polar surface area (TPSA) is 45.2 Å². The Morgan fingerprint density at radius 2 is 1.88 bits per heavy atom. The summed E-state index contributed by atoms with van der Waals surface area (Å²) < 4.78 is 0. The average molecular weight is 335 g/mol. The van der Waals surface area contributed by atoms with E-state index in [0.29, 0.717) is 0 Å². The van der Waals surface area contributed by atoms with Crippen molar-refractivity contribution in [3.05, 3.63) is 53.3 Å². The molecule has 4 heteroatoms. The first-order valence-electron chi connectivity index (χ1n) is 9.05. The van der Waals surface area contributed by atoms with E-state index in [1.54, 1.807) is 0 Å². The molecule has 2 aliphatic heterocycles. The number of carbonyl (C=O) groups is 1. The molecule has 1 spiro atoms. The van der Waals surface area contributed by atoms with Crippen LogP contribution in [0.2, 0.25) is 0 Å². The normalized spacial score (nSPS) is 26.0. The largest absolute Gasteiger partial charge is 0.344 e. The van der Waals surface area contributed by atoms with Crippen molar-refractivity contribution >= 4 is 5.91 Å². The number of pyridine rings is 1. The minimum atomic E-state index is -0.364. The Kier molecular flexibility index (Phi) is 3.88. The molecule has 2 saturated heterocycles. The van der Waals surface area contributed by atoms with Crippen LogP contribution in [-0.4, -0.2) is 34.9 Å². The number of aromatic nitrogens is 1. The Morgan fingerprint density at radius 1 is 1.12 bits per heavy atom. The minimum Gasteiger partial charge on any atom is -0.344 e. The van der Waals surface area contributed by atoms with Crippen molar-refractivity contribution in [2.45, 2.75) is 44.7 Å². The van der Waals surface area contributed by atoms with Gasteiger partial charge in [0, 0.05) is 19.8 Å². The van der Waals surface area contributed by atoms with Crippen molar-refractivity contribution in [3.63, 3.8) is 0 Å². The van der Waals surface area contributed by atoms with Crippen LogP contribution in [-0.2, 0) is 4.79 Å². The number of rotatable bonds is 2. The van der Waals surface area contributed by atoms with Gasteiger partial charge in [0.2, 0.25) is 5.91 Å². The molecule has 4 nitrogen and oxygen atoms in total. The van der Waals surface area contributed by atoms with Gasteiger partial charge in [-0.1, -0.05) is 29.3 Å². The maximum Gasteiger partial charge on any atom is 0.242 e. The molecular weight excluding hydrogens is 310 g/mol. The van der Waals surface area contributed by atoms with Crippen LogP contribution in [0.4, 0.5) is 0 Å². The molecule has 130 valence electrons. The van der Waals surface area contributed by atoms with Crippen LogP contribution in [0.5, 0.6) is 0 Å². The van der Waals surface area contributed by atoms with Gasteiger partial charge in [-0.3, -0.25) is 15.1 Å². The number of hydrogen-bond donors (Lipinski definition) is 1. The van der Waals surface area contributed by atoms with Crippen molar-refractivity contribution in [2.24, 2.45) is 0 Å². The summed E-state index contributed by atoms with van der Waals surface area (Å²) >= 11 is 0. The van der Waals surface area contributed by atoms with Crippen LogP contribution in [0.15, 0.2) is 36.5 Å². The van der Waals surface area contributed by atoms with Crippen molar-refractivity contribution in [3.8, 4) is 11.1 Å². The van der Waals surface area contributed by atoms with E-state index in [0.717, 1.165) is 31.5 Å². The molecule has 2 aliphatic rings. The molecule has 4 rings (SSSR count). The molecule has 0 bridgehead atoms. The van der Waals surface area contributed by atoms with Crippen molar-refractivity contribution in [1.82, 2.24) is 15.2 Å². The maximum atomic E-state index is 12.5. The van der Waals surface area contributed by atoms with Crippen molar-refractivity contribution in [1.29, 1.82) is 0 Å². The lowest BCUT2D eigenvalue weighted by Crippen LogP contribution is -2.47. The molecule has 0 radical (unpaired) electrons. The lowest BCUT2D eigenvalue weighted by Gasteiger charge is -2.23. The van der Waals surface area contributed by atoms with Crippen LogP contribution in [0, 0.1) is 13.8 Å². The van der Waals surface area contributed by atoms with Crippen molar-refractivity contribution < 1.29 is 4.79 Å². The predicted molar refractivity (Wildman–Crippen MR) is 99.2 cm³/mol. The standard InChI is InChI=1S/C21H25N3O/c1-14-10-15(2)12-17(11-14)16-5-8-22-19(13-16)18-4-6-21(23-18)7-9-24(3)20(21)25/h5,8,10-13,18,23H,4,6-7,9H2,1-3H3/t18-,21+/m1/s1. The molecule has 1 amide bonds. The summed E-state index contributed by atoms with van der Waals surface area (Å²) in [5, 5.41) is 3.61. The highest BCUT2D eigenvalue weighted by atomic mass is 16.2. The van der Waals surface area contributed by atoms with Gasteiger partial charge in [-0.2, -0.15) is 0 Å². The smallest absolute Gasteiger partial charge is 0.242 e. The zero-order valence-electron chi connectivity index (χ0n) is 15.2. The highest BCUT2D eigenvalue weighted by molar-refractivity contribution is 5.88. The molecule has 1 aromatic heterocycles. The highest BCUT2D eigenvalue weighted by Gasteiger charge is 2.50. The summed E-state index contributed by atoms with van der Waals surface area (Å²) in [4.78, 5) is 19.0. The van der Waals surface area contributed by atoms with Gasteiger partial charge < -0.3 is 4.90 Å². The Balaban J connectivity index is 1.61. The average Bonchev–Trinajstić information content (AvgIpc) is 3.14. The summed E-state index contributed by atoms with van der Waals surface area (Å²) in [6.45, 7) is 5.10. The van der Waals surface area contributed by atoms with E-state index < -0.39 is 0 Å². The van der Waals surface area contributed by atoms with E-state index in [9.17, 15) is 4.79 Å². The number of likely N-dealkylation sites (N-methyl/N-ethyl adjacent to an activating group) is 1. The molecule has 0 saturated carbocycles. The highest BCUT2D eigenvalue weighted by Crippen LogP contribution is 2.39. The first-order chi connectivity index (χ1) is 12.0. The van der Waals surface area contributed by atoms with Crippen LogP contribution in [0.3, 0.4) is 0 Å². The van der Waals surface area contributed by atoms with Gasteiger partial charge in [0.1, 0.15) is 5.54 Å². The van der Waals surface area contributed by atoms with Crippen molar-refractivity contribution in [2.75, 3.05) is 13.6 Å². The third kappa shape index (κ3) is 2.85. The summed E-state index contributed by atoms with van der Waals surface area (Å²) in [5.74, 6) is 0.237. The fraction of sp³-hybridized carbons (Fsp3) is 0.429. The molecule has 25 heavy (non-hydrogen) atoms. The maximum absolute atomic E-state index is 12.5. The second-order valence-corrected chi connectivity index (χ2v) is 7.64. The number of amides is 1. The summed E-state index contributed by atoms with van der Waals surface area (Å²) in [6, 6.07) is 11.0. The lowest BCUT2D eigenvalue weighted by atomic mass is 9.96. The molecule has 1 aromatic carbocycles. The fourth-order valence-corrected chi connectivity index (χ4v) is 4.35. The molecule has 1 N–H and O–H groups in total. The van der Waals surface area contributed by atoms with Gasteiger partial charge >= 0.3 is 0 Å². The molecule has 2 aromatic rings. The Bertz CT molecular complexity index is 811. The minimum absolute atomic E-state index is 0.154. The van der Waals surface area contributed by atoms with Gasteiger partial charge in [-0.05, 0) is 56.4 Å². The number of aryl methyl sites for hydroxylation is 2. The number of hydrogen-bond acceptors (Lipinski definition) is 3. The second kappa shape index (κ2) is 5.95. The molecular formula is C21H25N3O. The summed E-state index contributed by atoms with van der Waals surface area (Å²) in [6.07, 6.45) is 4.65. The number of benzene rings is 1. The number of nitrogens with one attached hydrogen (secondary N) is 1. The van der Waals surface area contributed by atoms with Gasteiger partial charge in [-0.25, -0.2) is 0 Å². The Labute approximate surface area is 149 Å². The quantitative estimate of drug-likeness (QED) is 0.915. The first kappa shape index (κ1) is 16.3. The second-order valence-electron chi connectivity index (χ2n) is 7.64. The fourth-order valence-electron chi connectivity index (χ4n) is 4.35. The Morgan fingerprint density at radius 3 is 2.56 bits per heavy atom. The third-order valence-electron chi connectivity index (χ3n) is 5.63. The van der Waals surface area contributed by atoms with E-state index in [2.05, 4.69) is 54.5 Å². The van der Waals surface area contributed by atoms with E-state index in [4.69, 9.17) is 0 Å². The number of nitrogens with zero attached hydrogens (tertiary/aromatic N) is 2. The van der Waals surface area contributed by atoms with E-state index in [1.807, 2.05) is 18.1 Å². The van der Waals surface area contributed by atoms with Crippen LogP contribution >= 0.6 is 0 Å². The summed E-state index contributed by atoms with van der Waals surface area (Å²) in [5.41, 5.74) is 5.63. The molecule has 2 fully saturated rings. The van der Waals surface area contributed by atoms with E-state index >= 15 is 0 Å². The molecule has 3 heterocycles. The van der Waals surface area contributed by atoms with E-state index in [-0.39, 0.29) is 17.5 Å².